The summed E-state index contributed by atoms with van der Waals surface area (Å²) in [5.74, 6) is -0.217. The Morgan fingerprint density at radius 2 is 1.28 bits per heavy atom. The summed E-state index contributed by atoms with van der Waals surface area (Å²) in [6.07, 6.45) is 22.0. The van der Waals surface area contributed by atoms with Crippen molar-refractivity contribution in [1.82, 2.24) is 5.32 Å². The van der Waals surface area contributed by atoms with Crippen molar-refractivity contribution in [3.05, 3.63) is 0 Å². The van der Waals surface area contributed by atoms with Crippen molar-refractivity contribution in [2.75, 3.05) is 13.3 Å². The van der Waals surface area contributed by atoms with Crippen LogP contribution in [0.5, 0.6) is 0 Å². The monoisotopic (exact) mass is 525 g/mol. The zero-order valence-corrected chi connectivity index (χ0v) is 25.1. The topological polar surface area (TPSA) is 64.6 Å². The molecule has 0 aliphatic rings. The van der Waals surface area contributed by atoms with Crippen LogP contribution in [0.25, 0.3) is 0 Å². The lowest BCUT2D eigenvalue weighted by Gasteiger charge is -2.21. The maximum absolute atomic E-state index is 12.4. The first-order valence-corrected chi connectivity index (χ1v) is 16.8. The fourth-order valence-electron chi connectivity index (χ4n) is 4.35. The number of rotatable bonds is 26. The van der Waals surface area contributed by atoms with Gasteiger partial charge in [-0.15, -0.1) is 0 Å². The molecule has 210 valence electrons. The number of carbonyl (C=O) groups excluding carboxylic acids is 2. The highest BCUT2D eigenvalue weighted by atomic mass is 31.1. The van der Waals surface area contributed by atoms with Crippen molar-refractivity contribution < 1.29 is 18.8 Å². The molecule has 0 aromatic heterocycles. The summed E-state index contributed by atoms with van der Waals surface area (Å²) in [7, 11) is 4.85. The molecule has 0 rings (SSSR count). The molecule has 0 aliphatic heterocycles. The van der Waals surface area contributed by atoms with Crippen LogP contribution in [0.15, 0.2) is 0 Å². The zero-order valence-electron chi connectivity index (χ0n) is 24.2. The maximum Gasteiger partial charge on any atom is 0.308 e. The minimum absolute atomic E-state index is 0.0573. The SMILES string of the molecule is [B]P(C)O[C@H](CCCCCCC)CC(=O)OC[C@@H](CC)NC(=O)CCCCCCCCCCCCC. The highest BCUT2D eigenvalue weighted by Crippen LogP contribution is 2.30. The molecule has 1 N–H and O–H groups in total. The molecule has 0 bridgehead atoms. The predicted molar refractivity (Wildman–Crippen MR) is 156 cm³/mol. The van der Waals surface area contributed by atoms with Gasteiger partial charge in [0.15, 0.2) is 0 Å². The van der Waals surface area contributed by atoms with Crippen molar-refractivity contribution in [2.45, 2.75) is 161 Å². The van der Waals surface area contributed by atoms with E-state index >= 15 is 0 Å². The van der Waals surface area contributed by atoms with Gasteiger partial charge in [0.1, 0.15) is 14.2 Å². The molecule has 0 fully saturated rings. The lowest BCUT2D eigenvalue weighted by Crippen LogP contribution is -2.38. The third-order valence-corrected chi connectivity index (χ3v) is 7.28. The summed E-state index contributed by atoms with van der Waals surface area (Å²) in [5.41, 5.74) is 0. The molecule has 1 amide bonds. The number of carbonyl (C=O) groups is 2. The second kappa shape index (κ2) is 26.0. The van der Waals surface area contributed by atoms with E-state index in [1.165, 1.54) is 77.0 Å². The molecule has 0 aromatic carbocycles. The average molecular weight is 526 g/mol. The molecule has 0 saturated heterocycles. The molecule has 0 aromatic rings. The number of hydrogen-bond acceptors (Lipinski definition) is 4. The lowest BCUT2D eigenvalue weighted by molar-refractivity contribution is -0.146. The highest BCUT2D eigenvalue weighted by molar-refractivity contribution is 7.77. The Labute approximate surface area is 226 Å². The second-order valence-corrected chi connectivity index (χ2v) is 11.6. The van der Waals surface area contributed by atoms with Crippen LogP contribution in [0.4, 0.5) is 0 Å². The lowest BCUT2D eigenvalue weighted by atomic mass is 10.1. The Bertz CT molecular complexity index is 522. The molecular weight excluding hydrogens is 468 g/mol. The molecule has 5 nitrogen and oxygen atoms in total. The van der Waals surface area contributed by atoms with Gasteiger partial charge < -0.3 is 14.6 Å². The number of hydrogen-bond donors (Lipinski definition) is 1. The smallest absolute Gasteiger partial charge is 0.308 e. The van der Waals surface area contributed by atoms with Crippen molar-refractivity contribution in [3.8, 4) is 0 Å². The van der Waals surface area contributed by atoms with E-state index in [1.807, 2.05) is 13.6 Å². The van der Waals surface area contributed by atoms with Gasteiger partial charge in [-0.3, -0.25) is 9.59 Å². The largest absolute Gasteiger partial charge is 0.463 e. The van der Waals surface area contributed by atoms with Crippen molar-refractivity contribution >= 4 is 27.5 Å². The third kappa shape index (κ3) is 23.8. The van der Waals surface area contributed by atoms with Gasteiger partial charge in [0.25, 0.3) is 0 Å². The fraction of sp³-hybridized carbons (Fsp3) is 0.931. The van der Waals surface area contributed by atoms with Crippen LogP contribution in [0.2, 0.25) is 0 Å². The van der Waals surface area contributed by atoms with Gasteiger partial charge in [0, 0.05) is 6.42 Å². The number of esters is 1. The van der Waals surface area contributed by atoms with E-state index in [9.17, 15) is 9.59 Å². The van der Waals surface area contributed by atoms with E-state index < -0.39 is 8.03 Å². The first-order valence-electron chi connectivity index (χ1n) is 15.0. The van der Waals surface area contributed by atoms with Crippen molar-refractivity contribution in [1.29, 1.82) is 0 Å². The van der Waals surface area contributed by atoms with Crippen LogP contribution >= 0.6 is 8.03 Å². The highest BCUT2D eigenvalue weighted by Gasteiger charge is 2.19. The van der Waals surface area contributed by atoms with Crippen molar-refractivity contribution in [3.63, 3.8) is 0 Å². The Hall–Kier alpha value is -0.605. The first-order chi connectivity index (χ1) is 17.4. The molecule has 0 heterocycles. The second-order valence-electron chi connectivity index (χ2n) is 10.3. The Morgan fingerprint density at radius 3 is 1.78 bits per heavy atom. The predicted octanol–water partition coefficient (Wildman–Crippen LogP) is 8.37. The van der Waals surface area contributed by atoms with E-state index in [4.69, 9.17) is 16.8 Å². The fourth-order valence-corrected chi connectivity index (χ4v) is 5.00. The van der Waals surface area contributed by atoms with Crippen LogP contribution in [0.1, 0.15) is 149 Å². The molecule has 7 heteroatoms. The standard InChI is InChI=1S/C29H57BNO4P/c1-5-8-10-12-13-14-15-16-17-19-21-23-28(32)31-26(7-3)25-34-29(33)24-27(35-36(4)30)22-20-18-11-9-6-2/h26-27H,5-25H2,1-4H3,(H,31,32)/t26-,27-,36?/m1/s1. The van der Waals surface area contributed by atoms with Gasteiger partial charge in [-0.25, -0.2) is 0 Å². The Morgan fingerprint density at radius 1 is 0.778 bits per heavy atom. The van der Waals surface area contributed by atoms with Crippen LogP contribution < -0.4 is 5.32 Å². The van der Waals surface area contributed by atoms with Gasteiger partial charge in [-0.1, -0.05) is 117 Å². The van der Waals surface area contributed by atoms with Crippen LogP contribution in [0, 0.1) is 0 Å². The molecule has 0 spiro atoms. The number of unbranched alkanes of at least 4 members (excludes halogenated alkanes) is 14. The Kier molecular flexibility index (Phi) is 25.6. The summed E-state index contributed by atoms with van der Waals surface area (Å²) in [6.45, 7) is 8.52. The van der Waals surface area contributed by atoms with Gasteiger partial charge in [-0.05, 0) is 34.0 Å². The van der Waals surface area contributed by atoms with Crippen LogP contribution in [-0.2, 0) is 18.8 Å². The van der Waals surface area contributed by atoms with Crippen LogP contribution in [-0.4, -0.2) is 44.9 Å². The molecule has 0 saturated carbocycles. The quantitative estimate of drug-likeness (QED) is 0.0533. The van der Waals surface area contributed by atoms with Crippen molar-refractivity contribution in [2.24, 2.45) is 0 Å². The maximum atomic E-state index is 12.4. The summed E-state index contributed by atoms with van der Waals surface area (Å²) < 4.78 is 11.3. The number of ether oxygens (including phenoxy) is 1. The summed E-state index contributed by atoms with van der Waals surface area (Å²) >= 11 is 0. The summed E-state index contributed by atoms with van der Waals surface area (Å²) in [4.78, 5) is 24.7. The van der Waals surface area contributed by atoms with E-state index in [-0.39, 0.29) is 37.0 Å². The summed E-state index contributed by atoms with van der Waals surface area (Å²) in [5, 5.41) is 3.03. The van der Waals surface area contributed by atoms with E-state index in [0.717, 1.165) is 38.5 Å². The first kappa shape index (κ1) is 35.4. The van der Waals surface area contributed by atoms with E-state index in [0.29, 0.717) is 6.42 Å². The molecule has 0 aliphatic carbocycles. The average Bonchev–Trinajstić information content (AvgIpc) is 2.84. The van der Waals surface area contributed by atoms with Gasteiger partial charge in [0.2, 0.25) is 5.91 Å². The minimum Gasteiger partial charge on any atom is -0.463 e. The summed E-state index contributed by atoms with van der Waals surface area (Å²) in [6, 6.07) is -0.139. The minimum atomic E-state index is -1.01. The van der Waals surface area contributed by atoms with E-state index in [1.54, 1.807) is 0 Å². The molecule has 2 radical (unpaired) electrons. The molecular formula is C29H57BNO4P. The Balaban J connectivity index is 4.00. The number of amides is 1. The van der Waals surface area contributed by atoms with Crippen LogP contribution in [0.3, 0.4) is 0 Å². The molecule has 1 unspecified atom stereocenters. The molecule has 36 heavy (non-hydrogen) atoms. The van der Waals surface area contributed by atoms with Gasteiger partial charge in [-0.2, -0.15) is 0 Å². The molecule has 3 atom stereocenters. The van der Waals surface area contributed by atoms with Gasteiger partial charge >= 0.3 is 5.97 Å². The zero-order chi connectivity index (χ0) is 26.9. The number of nitrogens with one attached hydrogen (secondary N) is 1. The van der Waals surface area contributed by atoms with E-state index in [2.05, 4.69) is 19.2 Å². The van der Waals surface area contributed by atoms with Gasteiger partial charge in [0.05, 0.1) is 18.6 Å². The normalized spacial score (nSPS) is 13.8. The third-order valence-electron chi connectivity index (χ3n) is 6.65.